The Morgan fingerprint density at radius 1 is 0.969 bits per heavy atom. The van der Waals surface area contributed by atoms with E-state index in [0.717, 1.165) is 53.9 Å². The van der Waals surface area contributed by atoms with E-state index < -0.39 is 0 Å². The number of anilines is 1. The second-order valence-electron chi connectivity index (χ2n) is 8.28. The van der Waals surface area contributed by atoms with Gasteiger partial charge in [0.15, 0.2) is 11.6 Å². The van der Waals surface area contributed by atoms with E-state index in [9.17, 15) is 0 Å². The molecule has 8 heteroatoms. The standard InChI is InChI=1S/C24H22FN7/c1-14-7-9-26-13-16(14)15-5-6-17-19(20(15)25)22(31-30-17)23-28-18-8-10-27-24(21(18)29-23)32-11-3-2-4-12-32/h5-10,13H,2-4,11-12H2,1H3,(H,28,29)(H,30,31). The van der Waals surface area contributed by atoms with Crippen LogP contribution in [0.5, 0.6) is 0 Å². The van der Waals surface area contributed by atoms with Crippen molar-refractivity contribution in [1.82, 2.24) is 30.1 Å². The van der Waals surface area contributed by atoms with Crippen LogP contribution in [-0.4, -0.2) is 43.2 Å². The molecule has 1 aromatic carbocycles. The molecule has 5 aromatic rings. The predicted octanol–water partition coefficient (Wildman–Crippen LogP) is 5.00. The van der Waals surface area contributed by atoms with E-state index in [-0.39, 0.29) is 5.82 Å². The molecule has 0 amide bonds. The Labute approximate surface area is 183 Å². The van der Waals surface area contributed by atoms with Gasteiger partial charge >= 0.3 is 0 Å². The van der Waals surface area contributed by atoms with E-state index in [2.05, 4.69) is 30.0 Å². The number of hydrogen-bond acceptors (Lipinski definition) is 5. The predicted molar refractivity (Wildman–Crippen MR) is 123 cm³/mol. The Morgan fingerprint density at radius 3 is 2.69 bits per heavy atom. The van der Waals surface area contributed by atoms with E-state index in [4.69, 9.17) is 4.98 Å². The van der Waals surface area contributed by atoms with Crippen molar-refractivity contribution < 1.29 is 4.39 Å². The van der Waals surface area contributed by atoms with Gasteiger partial charge in [-0.05, 0) is 56.0 Å². The third-order valence-corrected chi connectivity index (χ3v) is 6.26. The molecule has 0 atom stereocenters. The Hall–Kier alpha value is -3.81. The maximum absolute atomic E-state index is 15.8. The van der Waals surface area contributed by atoms with Crippen LogP contribution in [0.2, 0.25) is 0 Å². The fraction of sp³-hybridized carbons (Fsp3) is 0.250. The van der Waals surface area contributed by atoms with Gasteiger partial charge in [0.2, 0.25) is 0 Å². The van der Waals surface area contributed by atoms with E-state index in [1.165, 1.54) is 6.42 Å². The molecule has 2 N–H and O–H groups in total. The van der Waals surface area contributed by atoms with Gasteiger partial charge in [0.05, 0.1) is 16.4 Å². The van der Waals surface area contributed by atoms with Crippen LogP contribution in [-0.2, 0) is 0 Å². The highest BCUT2D eigenvalue weighted by molar-refractivity contribution is 5.97. The quantitative estimate of drug-likeness (QED) is 0.423. The Bertz CT molecular complexity index is 1450. The van der Waals surface area contributed by atoms with Crippen molar-refractivity contribution >= 4 is 27.8 Å². The molecule has 0 aliphatic carbocycles. The number of aryl methyl sites for hydroxylation is 1. The zero-order valence-electron chi connectivity index (χ0n) is 17.7. The summed E-state index contributed by atoms with van der Waals surface area (Å²) in [6.45, 7) is 3.90. The number of piperidine rings is 1. The molecule has 0 saturated carbocycles. The minimum absolute atomic E-state index is 0.336. The summed E-state index contributed by atoms with van der Waals surface area (Å²) in [5, 5.41) is 7.78. The van der Waals surface area contributed by atoms with Gasteiger partial charge in [-0.25, -0.2) is 14.4 Å². The molecule has 7 nitrogen and oxygen atoms in total. The first-order chi connectivity index (χ1) is 15.7. The molecule has 160 valence electrons. The molecular weight excluding hydrogens is 405 g/mol. The summed E-state index contributed by atoms with van der Waals surface area (Å²) in [6.07, 6.45) is 8.75. The Kier molecular flexibility index (Phi) is 4.38. The summed E-state index contributed by atoms with van der Waals surface area (Å²) in [5.74, 6) is 1.06. The van der Waals surface area contributed by atoms with E-state index >= 15 is 4.39 Å². The Balaban J connectivity index is 1.51. The third-order valence-electron chi connectivity index (χ3n) is 6.26. The summed E-state index contributed by atoms with van der Waals surface area (Å²) in [5.41, 5.74) is 4.97. The molecule has 0 spiro atoms. The van der Waals surface area contributed by atoms with Crippen molar-refractivity contribution in [2.75, 3.05) is 18.0 Å². The van der Waals surface area contributed by atoms with Gasteiger partial charge in [0, 0.05) is 42.8 Å². The van der Waals surface area contributed by atoms with Crippen LogP contribution in [0.3, 0.4) is 0 Å². The smallest absolute Gasteiger partial charge is 0.159 e. The Morgan fingerprint density at radius 2 is 1.84 bits per heavy atom. The molecule has 1 aliphatic rings. The lowest BCUT2D eigenvalue weighted by molar-refractivity contribution is 0.574. The van der Waals surface area contributed by atoms with Crippen LogP contribution in [0.25, 0.3) is 44.6 Å². The highest BCUT2D eigenvalue weighted by Crippen LogP contribution is 2.35. The van der Waals surface area contributed by atoms with Crippen molar-refractivity contribution in [2.45, 2.75) is 26.2 Å². The van der Waals surface area contributed by atoms with Gasteiger partial charge < -0.3 is 9.88 Å². The van der Waals surface area contributed by atoms with Gasteiger partial charge in [-0.2, -0.15) is 5.10 Å². The van der Waals surface area contributed by atoms with Gasteiger partial charge in [-0.3, -0.25) is 10.1 Å². The summed E-state index contributed by atoms with van der Waals surface area (Å²) < 4.78 is 15.8. The number of aromatic amines is 2. The molecule has 1 fully saturated rings. The average molecular weight is 427 g/mol. The van der Waals surface area contributed by atoms with Crippen LogP contribution in [0.1, 0.15) is 24.8 Å². The zero-order valence-corrected chi connectivity index (χ0v) is 17.7. The highest BCUT2D eigenvalue weighted by atomic mass is 19.1. The van der Waals surface area contributed by atoms with Crippen molar-refractivity contribution in [1.29, 1.82) is 0 Å². The summed E-state index contributed by atoms with van der Waals surface area (Å²) in [7, 11) is 0. The molecular formula is C24H22FN7. The zero-order chi connectivity index (χ0) is 21.7. The number of nitrogens with zero attached hydrogens (tertiary/aromatic N) is 5. The first-order valence-corrected chi connectivity index (χ1v) is 10.9. The number of imidazole rings is 1. The second-order valence-corrected chi connectivity index (χ2v) is 8.28. The third kappa shape index (κ3) is 2.94. The average Bonchev–Trinajstić information content (AvgIpc) is 3.45. The fourth-order valence-corrected chi connectivity index (χ4v) is 4.57. The lowest BCUT2D eigenvalue weighted by Gasteiger charge is -2.27. The molecule has 1 aliphatic heterocycles. The number of benzene rings is 1. The topological polar surface area (TPSA) is 86.4 Å². The normalized spacial score (nSPS) is 14.5. The SMILES string of the molecule is Cc1ccncc1-c1ccc2[nH]nc(-c3nc4c(N5CCCCC5)nccc4[nH]3)c2c1F. The minimum Gasteiger partial charge on any atom is -0.355 e. The van der Waals surface area contributed by atoms with E-state index in [1.807, 2.05) is 25.1 Å². The summed E-state index contributed by atoms with van der Waals surface area (Å²) in [6, 6.07) is 7.39. The number of H-pyrrole nitrogens is 2. The maximum Gasteiger partial charge on any atom is 0.159 e. The molecule has 4 aromatic heterocycles. The lowest BCUT2D eigenvalue weighted by atomic mass is 10.00. The molecule has 0 unspecified atom stereocenters. The fourth-order valence-electron chi connectivity index (χ4n) is 4.57. The van der Waals surface area contributed by atoms with Crippen molar-refractivity contribution in [3.63, 3.8) is 0 Å². The molecule has 0 radical (unpaired) electrons. The van der Waals surface area contributed by atoms with Crippen molar-refractivity contribution in [3.05, 3.63) is 54.2 Å². The number of rotatable bonds is 3. The highest BCUT2D eigenvalue weighted by Gasteiger charge is 2.22. The number of halogens is 1. The van der Waals surface area contributed by atoms with Crippen LogP contribution < -0.4 is 4.90 Å². The second kappa shape index (κ2) is 7.40. The van der Waals surface area contributed by atoms with Gasteiger partial charge in [0.25, 0.3) is 0 Å². The van der Waals surface area contributed by atoms with Crippen LogP contribution in [0.4, 0.5) is 10.2 Å². The van der Waals surface area contributed by atoms with Gasteiger partial charge in [0.1, 0.15) is 17.0 Å². The minimum atomic E-state index is -0.336. The number of aromatic nitrogens is 6. The number of hydrogen-bond donors (Lipinski definition) is 2. The van der Waals surface area contributed by atoms with E-state index in [0.29, 0.717) is 28.0 Å². The summed E-state index contributed by atoms with van der Waals surface area (Å²) >= 11 is 0. The monoisotopic (exact) mass is 427 g/mol. The summed E-state index contributed by atoms with van der Waals surface area (Å²) in [4.78, 5) is 19.2. The molecule has 6 rings (SSSR count). The molecule has 5 heterocycles. The number of fused-ring (bicyclic) bond motifs is 2. The lowest BCUT2D eigenvalue weighted by Crippen LogP contribution is -2.30. The molecule has 32 heavy (non-hydrogen) atoms. The largest absolute Gasteiger partial charge is 0.355 e. The number of nitrogens with one attached hydrogen (secondary N) is 2. The van der Waals surface area contributed by atoms with E-state index in [1.54, 1.807) is 24.7 Å². The molecule has 0 bridgehead atoms. The van der Waals surface area contributed by atoms with Crippen LogP contribution in [0.15, 0.2) is 42.9 Å². The van der Waals surface area contributed by atoms with Gasteiger partial charge in [-0.1, -0.05) is 0 Å². The first-order valence-electron chi connectivity index (χ1n) is 10.9. The van der Waals surface area contributed by atoms with Crippen LogP contribution >= 0.6 is 0 Å². The van der Waals surface area contributed by atoms with Crippen molar-refractivity contribution in [2.24, 2.45) is 0 Å². The maximum atomic E-state index is 15.8. The number of pyridine rings is 2. The van der Waals surface area contributed by atoms with Crippen LogP contribution in [0, 0.1) is 12.7 Å². The first kappa shape index (κ1) is 18.9. The van der Waals surface area contributed by atoms with Gasteiger partial charge in [-0.15, -0.1) is 0 Å². The van der Waals surface area contributed by atoms with Crippen molar-refractivity contribution in [3.8, 4) is 22.6 Å². The molecule has 1 saturated heterocycles.